The molecule has 0 radical (unpaired) electrons. The molecule has 0 N–H and O–H groups in total. The molecule has 1 aromatic carbocycles. The first-order chi connectivity index (χ1) is 12.8. The topological polar surface area (TPSA) is 26.8 Å². The van der Waals surface area contributed by atoms with Crippen LogP contribution in [0.15, 0.2) is 24.3 Å². The van der Waals surface area contributed by atoms with Crippen LogP contribution in [0.25, 0.3) is 0 Å². The number of carbonyl (C=O) groups is 1. The van der Waals surface area contributed by atoms with Gasteiger partial charge in [0.15, 0.2) is 0 Å². The highest BCUT2D eigenvalue weighted by atomic mass is 19.1. The van der Waals surface area contributed by atoms with Crippen molar-refractivity contribution in [1.29, 1.82) is 0 Å². The summed E-state index contributed by atoms with van der Waals surface area (Å²) in [5.74, 6) is 0.146. The van der Waals surface area contributed by atoms with Gasteiger partial charge in [0.05, 0.1) is 0 Å². The molecule has 1 amide bonds. The van der Waals surface area contributed by atoms with E-state index in [-0.39, 0.29) is 17.6 Å². The Morgan fingerprint density at radius 2 is 1.78 bits per heavy atom. The highest BCUT2D eigenvalue weighted by Gasteiger charge is 2.32. The zero-order valence-electron chi connectivity index (χ0n) is 17.6. The lowest BCUT2D eigenvalue weighted by molar-refractivity contribution is -0.136. The summed E-state index contributed by atoms with van der Waals surface area (Å²) in [6.07, 6.45) is 2.54. The minimum atomic E-state index is -0.229. The lowest BCUT2D eigenvalue weighted by atomic mass is 9.92. The number of hydrogen-bond acceptors (Lipinski definition) is 3. The Morgan fingerprint density at radius 1 is 1.19 bits per heavy atom. The minimum absolute atomic E-state index is 0.154. The normalized spacial score (nSPS) is 22.3. The van der Waals surface area contributed by atoms with Gasteiger partial charge >= 0.3 is 0 Å². The molecule has 5 heteroatoms. The van der Waals surface area contributed by atoms with Crippen molar-refractivity contribution in [1.82, 2.24) is 14.7 Å². The SMILES string of the molecule is CCC(CC(=O)N1CC(C)N(CCCN(C)C)C(C)C1)c1ccc(F)cc1. The molecule has 0 bridgehead atoms. The van der Waals surface area contributed by atoms with Crippen molar-refractivity contribution in [3.05, 3.63) is 35.6 Å². The van der Waals surface area contributed by atoms with E-state index in [1.54, 1.807) is 0 Å². The Kier molecular flexibility index (Phi) is 8.24. The fourth-order valence-corrected chi connectivity index (χ4v) is 4.14. The molecule has 2 rings (SSSR count). The molecule has 0 spiro atoms. The second kappa shape index (κ2) is 10.2. The van der Waals surface area contributed by atoms with E-state index in [4.69, 9.17) is 0 Å². The molecule has 1 aromatic rings. The number of carbonyl (C=O) groups excluding carboxylic acids is 1. The molecule has 1 heterocycles. The lowest BCUT2D eigenvalue weighted by Crippen LogP contribution is -2.58. The molecule has 27 heavy (non-hydrogen) atoms. The van der Waals surface area contributed by atoms with E-state index < -0.39 is 0 Å². The molecular weight excluding hydrogens is 341 g/mol. The van der Waals surface area contributed by atoms with Crippen molar-refractivity contribution in [2.45, 2.75) is 58.0 Å². The Bertz CT molecular complexity index is 578. The number of halogens is 1. The number of amides is 1. The smallest absolute Gasteiger partial charge is 0.223 e. The fourth-order valence-electron chi connectivity index (χ4n) is 4.14. The van der Waals surface area contributed by atoms with Crippen LogP contribution in [0.4, 0.5) is 4.39 Å². The van der Waals surface area contributed by atoms with Crippen LogP contribution in [0, 0.1) is 5.82 Å². The van der Waals surface area contributed by atoms with Crippen LogP contribution in [-0.2, 0) is 4.79 Å². The second-order valence-electron chi connectivity index (χ2n) is 8.25. The van der Waals surface area contributed by atoms with Crippen LogP contribution in [0.5, 0.6) is 0 Å². The molecule has 1 aliphatic heterocycles. The summed E-state index contributed by atoms with van der Waals surface area (Å²) in [7, 11) is 4.21. The van der Waals surface area contributed by atoms with Gasteiger partial charge in [-0.2, -0.15) is 0 Å². The number of piperazine rings is 1. The van der Waals surface area contributed by atoms with Crippen LogP contribution in [0.2, 0.25) is 0 Å². The van der Waals surface area contributed by atoms with Crippen molar-refractivity contribution < 1.29 is 9.18 Å². The third-order valence-electron chi connectivity index (χ3n) is 5.73. The Morgan fingerprint density at radius 3 is 2.30 bits per heavy atom. The van der Waals surface area contributed by atoms with E-state index in [9.17, 15) is 9.18 Å². The number of hydrogen-bond donors (Lipinski definition) is 0. The van der Waals surface area contributed by atoms with E-state index >= 15 is 0 Å². The van der Waals surface area contributed by atoms with Crippen LogP contribution in [0.3, 0.4) is 0 Å². The summed E-state index contributed by atoms with van der Waals surface area (Å²) in [5, 5.41) is 0. The summed E-state index contributed by atoms with van der Waals surface area (Å²) in [6, 6.07) is 7.35. The summed E-state index contributed by atoms with van der Waals surface area (Å²) in [4.78, 5) is 19.7. The molecule has 1 saturated heterocycles. The molecule has 0 aromatic heterocycles. The van der Waals surface area contributed by atoms with Gasteiger partial charge in [0, 0.05) is 38.1 Å². The van der Waals surface area contributed by atoms with E-state index in [2.05, 4.69) is 44.7 Å². The van der Waals surface area contributed by atoms with Gasteiger partial charge in [0.25, 0.3) is 0 Å². The average Bonchev–Trinajstić information content (AvgIpc) is 2.62. The minimum Gasteiger partial charge on any atom is -0.340 e. The van der Waals surface area contributed by atoms with Gasteiger partial charge in [-0.25, -0.2) is 4.39 Å². The summed E-state index contributed by atoms with van der Waals surface area (Å²) in [6.45, 7) is 10.3. The van der Waals surface area contributed by atoms with Crippen LogP contribution >= 0.6 is 0 Å². The van der Waals surface area contributed by atoms with E-state index in [0.717, 1.165) is 44.6 Å². The molecule has 3 atom stereocenters. The first-order valence-corrected chi connectivity index (χ1v) is 10.3. The maximum absolute atomic E-state index is 13.2. The van der Waals surface area contributed by atoms with E-state index in [1.165, 1.54) is 12.1 Å². The zero-order chi connectivity index (χ0) is 20.0. The molecule has 152 valence electrons. The predicted octanol–water partition coefficient (Wildman–Crippen LogP) is 3.58. The van der Waals surface area contributed by atoms with Gasteiger partial charge in [0.2, 0.25) is 5.91 Å². The fraction of sp³-hybridized carbons (Fsp3) is 0.682. The third-order valence-corrected chi connectivity index (χ3v) is 5.73. The summed E-state index contributed by atoms with van der Waals surface area (Å²) in [5.41, 5.74) is 1.05. The Labute approximate surface area is 164 Å². The maximum Gasteiger partial charge on any atom is 0.223 e. The second-order valence-corrected chi connectivity index (χ2v) is 8.25. The monoisotopic (exact) mass is 377 g/mol. The van der Waals surface area contributed by atoms with Crippen molar-refractivity contribution in [2.75, 3.05) is 40.3 Å². The van der Waals surface area contributed by atoms with Crippen molar-refractivity contribution in [3.63, 3.8) is 0 Å². The maximum atomic E-state index is 13.2. The van der Waals surface area contributed by atoms with Crippen LogP contribution in [0.1, 0.15) is 51.5 Å². The summed E-state index contributed by atoms with van der Waals surface area (Å²) >= 11 is 0. The number of nitrogens with zero attached hydrogens (tertiary/aromatic N) is 3. The van der Waals surface area contributed by atoms with E-state index in [1.807, 2.05) is 17.0 Å². The number of benzene rings is 1. The molecule has 0 aliphatic carbocycles. The standard InChI is InChI=1S/C22H36FN3O/c1-6-19(20-8-10-21(23)11-9-20)14-22(27)25-15-17(2)26(18(3)16-25)13-7-12-24(4)5/h8-11,17-19H,6-7,12-16H2,1-5H3. The van der Waals surface area contributed by atoms with Crippen LogP contribution < -0.4 is 0 Å². The highest BCUT2D eigenvalue weighted by molar-refractivity contribution is 5.77. The highest BCUT2D eigenvalue weighted by Crippen LogP contribution is 2.26. The Hall–Kier alpha value is -1.46. The average molecular weight is 378 g/mol. The van der Waals surface area contributed by atoms with Crippen molar-refractivity contribution in [2.24, 2.45) is 0 Å². The first-order valence-electron chi connectivity index (χ1n) is 10.3. The lowest BCUT2D eigenvalue weighted by Gasteiger charge is -2.45. The largest absolute Gasteiger partial charge is 0.340 e. The van der Waals surface area contributed by atoms with Gasteiger partial charge in [-0.15, -0.1) is 0 Å². The third kappa shape index (κ3) is 6.28. The molecule has 3 unspecified atom stereocenters. The quantitative estimate of drug-likeness (QED) is 0.693. The van der Waals surface area contributed by atoms with Gasteiger partial charge < -0.3 is 9.80 Å². The zero-order valence-corrected chi connectivity index (χ0v) is 17.6. The predicted molar refractivity (Wildman–Crippen MR) is 109 cm³/mol. The summed E-state index contributed by atoms with van der Waals surface area (Å²) < 4.78 is 13.2. The first kappa shape index (κ1) is 21.8. The van der Waals surface area contributed by atoms with Gasteiger partial charge in [-0.3, -0.25) is 9.69 Å². The van der Waals surface area contributed by atoms with Gasteiger partial charge in [-0.1, -0.05) is 19.1 Å². The van der Waals surface area contributed by atoms with Crippen molar-refractivity contribution >= 4 is 5.91 Å². The van der Waals surface area contributed by atoms with Crippen LogP contribution in [-0.4, -0.2) is 73.0 Å². The molecule has 1 aliphatic rings. The molecule has 4 nitrogen and oxygen atoms in total. The van der Waals surface area contributed by atoms with Crippen molar-refractivity contribution in [3.8, 4) is 0 Å². The Balaban J connectivity index is 1.92. The molecule has 0 saturated carbocycles. The van der Waals surface area contributed by atoms with Gasteiger partial charge in [-0.05, 0) is 70.9 Å². The van der Waals surface area contributed by atoms with Gasteiger partial charge in [0.1, 0.15) is 5.82 Å². The van der Waals surface area contributed by atoms with E-state index in [0.29, 0.717) is 18.5 Å². The number of rotatable bonds is 8. The molecule has 1 fully saturated rings. The molecular formula is C22H36FN3O.